The minimum Gasteiger partial charge on any atom is -0.349 e. The van der Waals surface area contributed by atoms with Crippen LogP contribution in [0.4, 0.5) is 11.4 Å². The Hall–Kier alpha value is -2.62. The molecule has 0 bridgehead atoms. The van der Waals surface area contributed by atoms with Gasteiger partial charge in [0.2, 0.25) is 5.91 Å². The van der Waals surface area contributed by atoms with Gasteiger partial charge >= 0.3 is 0 Å². The third kappa shape index (κ3) is 3.79. The number of fused-ring (bicyclic) bond motifs is 1. The van der Waals surface area contributed by atoms with Crippen molar-refractivity contribution in [3.63, 3.8) is 0 Å². The third-order valence-electron chi connectivity index (χ3n) is 3.39. The van der Waals surface area contributed by atoms with Crippen LogP contribution in [-0.4, -0.2) is 28.3 Å². The van der Waals surface area contributed by atoms with Crippen LogP contribution in [0.25, 0.3) is 10.2 Å². The van der Waals surface area contributed by atoms with Crippen LogP contribution < -0.4 is 10.6 Å². The van der Waals surface area contributed by atoms with Gasteiger partial charge in [-0.3, -0.25) is 19.7 Å². The highest BCUT2D eigenvalue weighted by Gasteiger charge is 2.16. The van der Waals surface area contributed by atoms with Crippen molar-refractivity contribution in [3.8, 4) is 0 Å². The molecule has 8 nitrogen and oxygen atoms in total. The summed E-state index contributed by atoms with van der Waals surface area (Å²) >= 11 is 13.2. The summed E-state index contributed by atoms with van der Waals surface area (Å²) in [4.78, 5) is 36.9. The van der Waals surface area contributed by atoms with E-state index in [2.05, 4.69) is 15.6 Å². The third-order valence-corrected chi connectivity index (χ3v) is 5.32. The summed E-state index contributed by atoms with van der Waals surface area (Å²) < 4.78 is 1.17. The lowest BCUT2D eigenvalue weighted by atomic mass is 10.3. The molecule has 0 radical (unpaired) electrons. The van der Waals surface area contributed by atoms with Gasteiger partial charge in [-0.05, 0) is 18.2 Å². The molecule has 0 aliphatic heterocycles. The molecule has 134 valence electrons. The monoisotopic (exact) mass is 412 g/mol. The molecule has 0 saturated carbocycles. The van der Waals surface area contributed by atoms with Gasteiger partial charge in [0.1, 0.15) is 10.0 Å². The molecule has 11 heteroatoms. The number of nitro benzene ring substituents is 1. The van der Waals surface area contributed by atoms with Crippen LogP contribution in [0.1, 0.15) is 10.5 Å². The Balaban J connectivity index is 1.57. The zero-order valence-corrected chi connectivity index (χ0v) is 15.2. The van der Waals surface area contributed by atoms with E-state index >= 15 is 0 Å². The Kier molecular flexibility index (Phi) is 5.12. The minimum atomic E-state index is -0.535. The van der Waals surface area contributed by atoms with Crippen molar-refractivity contribution < 1.29 is 14.5 Å². The molecule has 0 aliphatic carbocycles. The Bertz CT molecular complexity index is 1010. The molecule has 3 aromatic rings. The molecule has 0 spiro atoms. The van der Waals surface area contributed by atoms with Crippen molar-refractivity contribution in [3.05, 3.63) is 55.5 Å². The second kappa shape index (κ2) is 7.32. The largest absolute Gasteiger partial charge is 0.349 e. The van der Waals surface area contributed by atoms with Crippen molar-refractivity contribution in [2.75, 3.05) is 11.9 Å². The number of amides is 2. The van der Waals surface area contributed by atoms with Crippen LogP contribution >= 0.6 is 34.5 Å². The minimum absolute atomic E-state index is 0.0817. The van der Waals surface area contributed by atoms with E-state index in [1.807, 2.05) is 0 Å². The molecule has 3 rings (SSSR count). The van der Waals surface area contributed by atoms with Crippen molar-refractivity contribution in [1.29, 1.82) is 0 Å². The fourth-order valence-corrected chi connectivity index (χ4v) is 3.65. The van der Waals surface area contributed by atoms with Crippen LogP contribution in [0.3, 0.4) is 0 Å². The summed E-state index contributed by atoms with van der Waals surface area (Å²) in [5.41, 5.74) is 1.13. The van der Waals surface area contributed by atoms with Gasteiger partial charge in [-0.25, -0.2) is 0 Å². The van der Waals surface area contributed by atoms with E-state index in [1.54, 1.807) is 6.07 Å². The van der Waals surface area contributed by atoms with Gasteiger partial charge in [0.15, 0.2) is 0 Å². The number of nitrogens with one attached hydrogen (secondary N) is 3. The second-order valence-electron chi connectivity index (χ2n) is 5.15. The van der Waals surface area contributed by atoms with Gasteiger partial charge in [-0.2, -0.15) is 0 Å². The highest BCUT2D eigenvalue weighted by molar-refractivity contribution is 7.23. The molecular formula is C15H10Cl2N4O4S. The number of carbonyl (C=O) groups is 2. The standard InChI is InChI=1S/C15H10Cl2N4O4S/c16-12-13-10(26-14(12)17)5-9(20-13)15(23)18-6-11(22)19-7-1-3-8(4-2-7)21(24)25/h1-5,20H,6H2,(H,18,23)(H,19,22). The van der Waals surface area contributed by atoms with E-state index in [-0.39, 0.29) is 17.9 Å². The summed E-state index contributed by atoms with van der Waals surface area (Å²) in [6.45, 7) is -0.267. The zero-order valence-electron chi connectivity index (χ0n) is 12.8. The van der Waals surface area contributed by atoms with Crippen LogP contribution in [-0.2, 0) is 4.79 Å². The number of halogens is 2. The summed E-state index contributed by atoms with van der Waals surface area (Å²) in [5.74, 6) is -0.943. The molecule has 3 N–H and O–H groups in total. The normalized spacial score (nSPS) is 10.7. The van der Waals surface area contributed by atoms with Crippen molar-refractivity contribution >= 4 is 67.9 Å². The number of aromatic amines is 1. The van der Waals surface area contributed by atoms with Crippen LogP contribution in [0.15, 0.2) is 30.3 Å². The van der Waals surface area contributed by atoms with Gasteiger partial charge in [-0.1, -0.05) is 23.2 Å². The number of thiophene rings is 1. The first-order valence-electron chi connectivity index (χ1n) is 7.14. The number of hydrogen-bond donors (Lipinski definition) is 3. The predicted molar refractivity (Wildman–Crippen MR) is 100 cm³/mol. The van der Waals surface area contributed by atoms with Crippen LogP contribution in [0.2, 0.25) is 9.36 Å². The van der Waals surface area contributed by atoms with Crippen LogP contribution in [0, 0.1) is 10.1 Å². The van der Waals surface area contributed by atoms with E-state index < -0.39 is 16.7 Å². The van der Waals surface area contributed by atoms with Gasteiger partial charge in [0.05, 0.1) is 26.7 Å². The molecule has 2 heterocycles. The molecule has 2 amide bonds. The summed E-state index contributed by atoms with van der Waals surface area (Å²) in [7, 11) is 0. The SMILES string of the molecule is O=C(CNC(=O)c1cc2sc(Cl)c(Cl)c2[nH]1)Nc1ccc([N+](=O)[O-])cc1. The average molecular weight is 413 g/mol. The summed E-state index contributed by atoms with van der Waals surface area (Å²) in [5, 5.41) is 15.9. The fourth-order valence-electron chi connectivity index (χ4n) is 2.17. The molecule has 0 saturated heterocycles. The smallest absolute Gasteiger partial charge is 0.269 e. The van der Waals surface area contributed by atoms with Gasteiger partial charge in [0, 0.05) is 17.8 Å². The van der Waals surface area contributed by atoms with Crippen molar-refractivity contribution in [2.24, 2.45) is 0 Å². The second-order valence-corrected chi connectivity index (χ2v) is 7.18. The summed E-state index contributed by atoms with van der Waals surface area (Å²) in [6, 6.07) is 6.95. The zero-order chi connectivity index (χ0) is 18.8. The van der Waals surface area contributed by atoms with Crippen molar-refractivity contribution in [1.82, 2.24) is 10.3 Å². The Labute approximate surface area is 160 Å². The quantitative estimate of drug-likeness (QED) is 0.436. The fraction of sp³-hybridized carbons (Fsp3) is 0.0667. The molecule has 2 aromatic heterocycles. The van der Waals surface area contributed by atoms with E-state index in [0.29, 0.717) is 20.6 Å². The Morgan fingerprint density at radius 1 is 1.23 bits per heavy atom. The molecule has 0 unspecified atom stereocenters. The number of hydrogen-bond acceptors (Lipinski definition) is 5. The number of rotatable bonds is 5. The molecular weight excluding hydrogens is 403 g/mol. The number of nitro groups is 1. The maximum absolute atomic E-state index is 12.1. The predicted octanol–water partition coefficient (Wildman–Crippen LogP) is 3.81. The number of aromatic nitrogens is 1. The number of nitrogens with zero attached hydrogens (tertiary/aromatic N) is 1. The molecule has 26 heavy (non-hydrogen) atoms. The maximum Gasteiger partial charge on any atom is 0.269 e. The highest BCUT2D eigenvalue weighted by Crippen LogP contribution is 2.38. The molecule has 0 aliphatic rings. The Morgan fingerprint density at radius 2 is 1.92 bits per heavy atom. The van der Waals surface area contributed by atoms with E-state index in [9.17, 15) is 19.7 Å². The first-order chi connectivity index (χ1) is 12.3. The number of H-pyrrole nitrogens is 1. The van der Waals surface area contributed by atoms with E-state index in [4.69, 9.17) is 23.2 Å². The highest BCUT2D eigenvalue weighted by atomic mass is 35.5. The lowest BCUT2D eigenvalue weighted by molar-refractivity contribution is -0.384. The van der Waals surface area contributed by atoms with Gasteiger partial charge in [0.25, 0.3) is 11.6 Å². The topological polar surface area (TPSA) is 117 Å². The molecule has 0 atom stereocenters. The van der Waals surface area contributed by atoms with Crippen molar-refractivity contribution in [2.45, 2.75) is 0 Å². The lowest BCUT2D eigenvalue weighted by Gasteiger charge is -2.06. The number of carbonyl (C=O) groups excluding carboxylic acids is 2. The number of benzene rings is 1. The first-order valence-corrected chi connectivity index (χ1v) is 8.71. The maximum atomic E-state index is 12.1. The average Bonchev–Trinajstić information content (AvgIpc) is 3.13. The number of anilines is 1. The first kappa shape index (κ1) is 18.2. The molecule has 1 aromatic carbocycles. The summed E-state index contributed by atoms with van der Waals surface area (Å²) in [6.07, 6.45) is 0. The Morgan fingerprint density at radius 3 is 2.54 bits per heavy atom. The molecule has 0 fully saturated rings. The van der Waals surface area contributed by atoms with Gasteiger partial charge in [-0.15, -0.1) is 11.3 Å². The number of non-ortho nitro benzene ring substituents is 1. The lowest BCUT2D eigenvalue weighted by Crippen LogP contribution is -2.33. The van der Waals surface area contributed by atoms with E-state index in [1.165, 1.54) is 35.6 Å². The van der Waals surface area contributed by atoms with Gasteiger partial charge < -0.3 is 15.6 Å². The van der Waals surface area contributed by atoms with E-state index in [0.717, 1.165) is 4.70 Å². The van der Waals surface area contributed by atoms with Crippen LogP contribution in [0.5, 0.6) is 0 Å².